The third-order valence-corrected chi connectivity index (χ3v) is 4.86. The molecule has 1 fully saturated rings. The van der Waals surface area contributed by atoms with Crippen LogP contribution in [0.5, 0.6) is 0 Å². The van der Waals surface area contributed by atoms with Crippen LogP contribution in [0.15, 0.2) is 29.6 Å². The normalized spacial score (nSPS) is 22.1. The van der Waals surface area contributed by atoms with Gasteiger partial charge in [0.15, 0.2) is 0 Å². The average Bonchev–Trinajstić information content (AvgIpc) is 3.06. The third kappa shape index (κ3) is 3.18. The number of hydrogen-bond donors (Lipinski definition) is 1. The molecule has 0 aliphatic carbocycles. The predicted octanol–water partition coefficient (Wildman–Crippen LogP) is 2.89. The zero-order valence-corrected chi connectivity index (χ0v) is 13.0. The fourth-order valence-electron chi connectivity index (χ4n) is 3.05. The molecular weight excluding hydrogens is 303 g/mol. The average molecular weight is 320 g/mol. The van der Waals surface area contributed by atoms with E-state index < -0.39 is 11.9 Å². The first-order chi connectivity index (χ1) is 10.5. The highest BCUT2D eigenvalue weighted by molar-refractivity contribution is 7.09. The van der Waals surface area contributed by atoms with Crippen molar-refractivity contribution in [2.45, 2.75) is 19.4 Å². The van der Waals surface area contributed by atoms with E-state index >= 15 is 0 Å². The lowest BCUT2D eigenvalue weighted by Gasteiger charge is -2.15. The largest absolute Gasteiger partial charge is 0.481 e. The van der Waals surface area contributed by atoms with Gasteiger partial charge in [0.05, 0.1) is 16.6 Å². The number of aryl methyl sites for hydroxylation is 1. The monoisotopic (exact) mass is 320 g/mol. The van der Waals surface area contributed by atoms with Crippen molar-refractivity contribution in [3.05, 3.63) is 51.7 Å². The molecule has 2 atom stereocenters. The number of benzene rings is 1. The fraction of sp³-hybridized carbons (Fsp3) is 0.375. The van der Waals surface area contributed by atoms with Gasteiger partial charge in [0, 0.05) is 30.9 Å². The Bertz CT molecular complexity index is 688. The number of carboxylic acid groups (broad SMARTS) is 1. The molecule has 1 saturated heterocycles. The molecule has 0 spiro atoms. The number of nitrogens with zero attached hydrogens (tertiary/aromatic N) is 2. The quantitative estimate of drug-likeness (QED) is 0.941. The third-order valence-electron chi connectivity index (χ3n) is 4.04. The maximum atomic E-state index is 13.4. The van der Waals surface area contributed by atoms with Gasteiger partial charge in [0.1, 0.15) is 5.82 Å². The van der Waals surface area contributed by atoms with Crippen molar-refractivity contribution < 1.29 is 14.3 Å². The summed E-state index contributed by atoms with van der Waals surface area (Å²) < 4.78 is 13.4. The molecule has 1 aromatic heterocycles. The first-order valence-corrected chi connectivity index (χ1v) is 8.02. The van der Waals surface area contributed by atoms with E-state index in [1.165, 1.54) is 12.1 Å². The second kappa shape index (κ2) is 6.14. The van der Waals surface area contributed by atoms with Gasteiger partial charge < -0.3 is 5.11 Å². The number of aromatic nitrogens is 1. The Morgan fingerprint density at radius 2 is 2.32 bits per heavy atom. The van der Waals surface area contributed by atoms with Gasteiger partial charge >= 0.3 is 5.97 Å². The molecule has 1 aliphatic rings. The number of rotatable bonds is 4. The minimum Gasteiger partial charge on any atom is -0.481 e. The summed E-state index contributed by atoms with van der Waals surface area (Å²) in [5, 5.41) is 12.5. The SMILES string of the molecule is Cc1nc(CN2C[C@H](C(=O)O)[C@@H](c3cccc(F)c3)C2)cs1. The van der Waals surface area contributed by atoms with Crippen LogP contribution in [-0.4, -0.2) is 34.0 Å². The molecule has 2 heterocycles. The van der Waals surface area contributed by atoms with Gasteiger partial charge in [-0.15, -0.1) is 11.3 Å². The Kier molecular flexibility index (Phi) is 4.22. The van der Waals surface area contributed by atoms with Crippen LogP contribution in [0.25, 0.3) is 0 Å². The van der Waals surface area contributed by atoms with Gasteiger partial charge in [-0.05, 0) is 24.6 Å². The van der Waals surface area contributed by atoms with E-state index in [1.54, 1.807) is 23.5 Å². The van der Waals surface area contributed by atoms with Crippen LogP contribution < -0.4 is 0 Å². The Morgan fingerprint density at radius 1 is 1.50 bits per heavy atom. The van der Waals surface area contributed by atoms with Crippen LogP contribution in [-0.2, 0) is 11.3 Å². The first kappa shape index (κ1) is 15.1. The summed E-state index contributed by atoms with van der Waals surface area (Å²) in [7, 11) is 0. The van der Waals surface area contributed by atoms with E-state index in [-0.39, 0.29) is 11.7 Å². The van der Waals surface area contributed by atoms with Gasteiger partial charge in [-0.2, -0.15) is 0 Å². The van der Waals surface area contributed by atoms with E-state index in [2.05, 4.69) is 9.88 Å². The molecule has 0 saturated carbocycles. The highest BCUT2D eigenvalue weighted by Crippen LogP contribution is 2.34. The minimum absolute atomic E-state index is 0.187. The molecule has 0 bridgehead atoms. The lowest BCUT2D eigenvalue weighted by molar-refractivity contribution is -0.141. The molecule has 116 valence electrons. The topological polar surface area (TPSA) is 53.4 Å². The summed E-state index contributed by atoms with van der Waals surface area (Å²) in [6.45, 7) is 3.66. The van der Waals surface area contributed by atoms with Gasteiger partial charge in [-0.3, -0.25) is 9.69 Å². The zero-order valence-electron chi connectivity index (χ0n) is 12.2. The Balaban J connectivity index is 1.79. The lowest BCUT2D eigenvalue weighted by atomic mass is 9.89. The summed E-state index contributed by atoms with van der Waals surface area (Å²) in [4.78, 5) is 18.0. The second-order valence-electron chi connectivity index (χ2n) is 5.66. The van der Waals surface area contributed by atoms with Crippen LogP contribution in [0, 0.1) is 18.7 Å². The molecule has 6 heteroatoms. The molecule has 0 radical (unpaired) electrons. The molecule has 4 nitrogen and oxygen atoms in total. The van der Waals surface area contributed by atoms with Gasteiger partial charge in [-0.1, -0.05) is 12.1 Å². The predicted molar refractivity (Wildman–Crippen MR) is 82.4 cm³/mol. The van der Waals surface area contributed by atoms with E-state index in [0.717, 1.165) is 16.3 Å². The Labute approximate surface area is 132 Å². The van der Waals surface area contributed by atoms with E-state index in [0.29, 0.717) is 19.6 Å². The molecule has 3 rings (SSSR count). The molecule has 22 heavy (non-hydrogen) atoms. The number of carbonyl (C=O) groups is 1. The Hall–Kier alpha value is -1.79. The Morgan fingerprint density at radius 3 is 2.95 bits per heavy atom. The highest BCUT2D eigenvalue weighted by Gasteiger charge is 2.38. The first-order valence-electron chi connectivity index (χ1n) is 7.14. The summed E-state index contributed by atoms with van der Waals surface area (Å²) in [6, 6.07) is 6.26. The number of likely N-dealkylation sites (tertiary alicyclic amines) is 1. The number of thiazole rings is 1. The fourth-order valence-corrected chi connectivity index (χ4v) is 3.65. The van der Waals surface area contributed by atoms with Crippen LogP contribution in [0.1, 0.15) is 22.2 Å². The maximum absolute atomic E-state index is 13.4. The van der Waals surface area contributed by atoms with Gasteiger partial charge in [0.25, 0.3) is 0 Å². The summed E-state index contributed by atoms with van der Waals surface area (Å²) >= 11 is 1.59. The van der Waals surface area contributed by atoms with Crippen molar-refractivity contribution >= 4 is 17.3 Å². The van der Waals surface area contributed by atoms with Crippen molar-refractivity contribution in [3.63, 3.8) is 0 Å². The van der Waals surface area contributed by atoms with E-state index in [4.69, 9.17) is 0 Å². The van der Waals surface area contributed by atoms with E-state index in [1.807, 2.05) is 12.3 Å². The summed E-state index contributed by atoms with van der Waals surface area (Å²) in [6.07, 6.45) is 0. The van der Waals surface area contributed by atoms with Gasteiger partial charge in [-0.25, -0.2) is 9.37 Å². The zero-order chi connectivity index (χ0) is 15.7. The van der Waals surface area contributed by atoms with Crippen LogP contribution in [0.2, 0.25) is 0 Å². The molecule has 1 N–H and O–H groups in total. The molecular formula is C16H17FN2O2S. The van der Waals surface area contributed by atoms with Crippen molar-refractivity contribution in [1.82, 2.24) is 9.88 Å². The van der Waals surface area contributed by atoms with Crippen molar-refractivity contribution in [2.24, 2.45) is 5.92 Å². The van der Waals surface area contributed by atoms with Crippen molar-refractivity contribution in [2.75, 3.05) is 13.1 Å². The molecule has 1 aliphatic heterocycles. The summed E-state index contributed by atoms with van der Waals surface area (Å²) in [5.41, 5.74) is 1.72. The summed E-state index contributed by atoms with van der Waals surface area (Å²) in [5.74, 6) is -1.85. The van der Waals surface area contributed by atoms with Crippen LogP contribution in [0.3, 0.4) is 0 Å². The maximum Gasteiger partial charge on any atom is 0.308 e. The highest BCUT2D eigenvalue weighted by atomic mass is 32.1. The van der Waals surface area contributed by atoms with Gasteiger partial charge in [0.2, 0.25) is 0 Å². The molecule has 0 amide bonds. The smallest absolute Gasteiger partial charge is 0.308 e. The standard InChI is InChI=1S/C16H17FN2O2S/c1-10-18-13(9-22-10)6-19-7-14(15(8-19)16(20)21)11-3-2-4-12(17)5-11/h2-5,9,14-15H,6-8H2,1H3,(H,20,21)/t14-,15+/m1/s1. The number of aliphatic carboxylic acids is 1. The van der Waals surface area contributed by atoms with Crippen LogP contribution in [0.4, 0.5) is 4.39 Å². The second-order valence-corrected chi connectivity index (χ2v) is 6.72. The molecule has 1 aromatic carbocycles. The number of carboxylic acids is 1. The van der Waals surface area contributed by atoms with E-state index in [9.17, 15) is 14.3 Å². The van der Waals surface area contributed by atoms with Crippen molar-refractivity contribution in [1.29, 1.82) is 0 Å². The minimum atomic E-state index is -0.828. The number of hydrogen-bond acceptors (Lipinski definition) is 4. The van der Waals surface area contributed by atoms with Crippen molar-refractivity contribution in [3.8, 4) is 0 Å². The van der Waals surface area contributed by atoms with Crippen LogP contribution >= 0.6 is 11.3 Å². The lowest BCUT2D eigenvalue weighted by Crippen LogP contribution is -2.23. The molecule has 2 aromatic rings. The number of halogens is 1. The molecule has 0 unspecified atom stereocenters.